The molecule has 0 bridgehead atoms. The zero-order valence-corrected chi connectivity index (χ0v) is 15.9. The molecule has 138 valence electrons. The van der Waals surface area contributed by atoms with E-state index < -0.39 is 0 Å². The number of carbonyl (C=O) groups is 2. The molecule has 1 N–H and O–H groups in total. The number of hydrogen-bond acceptors (Lipinski definition) is 3. The van der Waals surface area contributed by atoms with Crippen LogP contribution in [0.2, 0.25) is 0 Å². The lowest BCUT2D eigenvalue weighted by Crippen LogP contribution is -2.40. The minimum Gasteiger partial charge on any atom is -0.355 e. The van der Waals surface area contributed by atoms with E-state index in [1.165, 1.54) is 5.56 Å². The first-order valence-corrected chi connectivity index (χ1v) is 9.37. The molecule has 1 aliphatic rings. The van der Waals surface area contributed by atoms with Gasteiger partial charge in [0.15, 0.2) is 0 Å². The van der Waals surface area contributed by atoms with Crippen molar-refractivity contribution in [1.29, 1.82) is 0 Å². The summed E-state index contributed by atoms with van der Waals surface area (Å²) in [6.45, 7) is 11.4. The van der Waals surface area contributed by atoms with Crippen molar-refractivity contribution in [2.75, 3.05) is 31.1 Å². The lowest BCUT2D eigenvalue weighted by Gasteiger charge is -2.25. The molecule has 1 unspecified atom stereocenters. The molecule has 0 aliphatic carbocycles. The highest BCUT2D eigenvalue weighted by Crippen LogP contribution is 2.25. The van der Waals surface area contributed by atoms with E-state index in [4.69, 9.17) is 0 Å². The molecule has 1 saturated heterocycles. The normalized spacial score (nSPS) is 17.6. The number of hydrogen-bond donors (Lipinski definition) is 1. The van der Waals surface area contributed by atoms with Gasteiger partial charge in [-0.05, 0) is 44.5 Å². The van der Waals surface area contributed by atoms with Gasteiger partial charge in [-0.3, -0.25) is 14.5 Å². The van der Waals surface area contributed by atoms with Crippen LogP contribution in [-0.4, -0.2) is 48.9 Å². The maximum Gasteiger partial charge on any atom is 0.227 e. The van der Waals surface area contributed by atoms with Gasteiger partial charge in [0.2, 0.25) is 11.8 Å². The van der Waals surface area contributed by atoms with E-state index in [2.05, 4.69) is 37.9 Å². The quantitative estimate of drug-likeness (QED) is 0.787. The predicted octanol–water partition coefficient (Wildman–Crippen LogP) is 2.45. The summed E-state index contributed by atoms with van der Waals surface area (Å²) in [6, 6.07) is 8.50. The van der Waals surface area contributed by atoms with Crippen molar-refractivity contribution < 1.29 is 9.59 Å². The first-order valence-electron chi connectivity index (χ1n) is 9.37. The number of amides is 2. The molecule has 5 heteroatoms. The largest absolute Gasteiger partial charge is 0.355 e. The number of aryl methyl sites for hydroxylation is 1. The van der Waals surface area contributed by atoms with Gasteiger partial charge in [-0.25, -0.2) is 0 Å². The molecule has 1 fully saturated rings. The Morgan fingerprint density at radius 2 is 1.96 bits per heavy atom. The van der Waals surface area contributed by atoms with E-state index in [9.17, 15) is 9.59 Å². The summed E-state index contributed by atoms with van der Waals surface area (Å²) < 4.78 is 0. The van der Waals surface area contributed by atoms with Crippen molar-refractivity contribution >= 4 is 17.5 Å². The molecule has 1 heterocycles. The van der Waals surface area contributed by atoms with E-state index in [1.54, 1.807) is 4.90 Å². The Hall–Kier alpha value is -1.88. The van der Waals surface area contributed by atoms with Crippen LogP contribution in [0.3, 0.4) is 0 Å². The summed E-state index contributed by atoms with van der Waals surface area (Å²) in [5.74, 6) is -0.241. The summed E-state index contributed by atoms with van der Waals surface area (Å²) >= 11 is 0. The van der Waals surface area contributed by atoms with Gasteiger partial charge in [-0.1, -0.05) is 26.0 Å². The van der Waals surface area contributed by atoms with Crippen LogP contribution in [0.5, 0.6) is 0 Å². The van der Waals surface area contributed by atoms with Gasteiger partial charge in [0, 0.05) is 37.8 Å². The van der Waals surface area contributed by atoms with Crippen molar-refractivity contribution in [2.24, 2.45) is 5.92 Å². The molecule has 0 aromatic heterocycles. The summed E-state index contributed by atoms with van der Waals surface area (Å²) in [5, 5.41) is 3.00. The highest BCUT2D eigenvalue weighted by molar-refractivity contribution is 6.00. The fourth-order valence-corrected chi connectivity index (χ4v) is 3.29. The third-order valence-electron chi connectivity index (χ3n) is 4.99. The number of likely N-dealkylation sites (N-methyl/N-ethyl adjacent to an activating group) is 1. The number of benzene rings is 1. The van der Waals surface area contributed by atoms with E-state index in [-0.39, 0.29) is 17.7 Å². The van der Waals surface area contributed by atoms with Crippen LogP contribution < -0.4 is 10.2 Å². The fourth-order valence-electron chi connectivity index (χ4n) is 3.29. The molecule has 1 aliphatic heterocycles. The van der Waals surface area contributed by atoms with Crippen LogP contribution in [0.1, 0.15) is 39.7 Å². The monoisotopic (exact) mass is 345 g/mol. The fraction of sp³-hybridized carbons (Fsp3) is 0.600. The predicted molar refractivity (Wildman–Crippen MR) is 102 cm³/mol. The lowest BCUT2D eigenvalue weighted by atomic mass is 10.1. The Labute approximate surface area is 151 Å². The zero-order valence-electron chi connectivity index (χ0n) is 15.9. The number of nitrogens with one attached hydrogen (secondary N) is 1. The van der Waals surface area contributed by atoms with Gasteiger partial charge in [-0.15, -0.1) is 0 Å². The Balaban J connectivity index is 1.87. The van der Waals surface area contributed by atoms with E-state index >= 15 is 0 Å². The Kier molecular flexibility index (Phi) is 7.00. The SMILES string of the molecule is CCc1ccc(N2CC(C(=O)NCCN(CC)C(C)C)CC2=O)cc1. The third kappa shape index (κ3) is 5.05. The molecule has 0 radical (unpaired) electrons. The van der Waals surface area contributed by atoms with Gasteiger partial charge >= 0.3 is 0 Å². The molecule has 1 atom stereocenters. The molecular weight excluding hydrogens is 314 g/mol. The van der Waals surface area contributed by atoms with Crippen molar-refractivity contribution in [3.05, 3.63) is 29.8 Å². The van der Waals surface area contributed by atoms with Crippen LogP contribution in [-0.2, 0) is 16.0 Å². The first-order chi connectivity index (χ1) is 12.0. The van der Waals surface area contributed by atoms with Crippen LogP contribution in [0.25, 0.3) is 0 Å². The molecule has 2 rings (SSSR count). The Morgan fingerprint density at radius 1 is 1.28 bits per heavy atom. The zero-order chi connectivity index (χ0) is 18.4. The number of anilines is 1. The first kappa shape index (κ1) is 19.4. The van der Waals surface area contributed by atoms with E-state index in [1.807, 2.05) is 24.3 Å². The van der Waals surface area contributed by atoms with E-state index in [0.717, 1.165) is 25.2 Å². The van der Waals surface area contributed by atoms with Crippen LogP contribution >= 0.6 is 0 Å². The molecule has 0 saturated carbocycles. The Bertz CT molecular complexity index is 583. The maximum absolute atomic E-state index is 12.4. The second-order valence-electron chi connectivity index (χ2n) is 6.94. The topological polar surface area (TPSA) is 52.7 Å². The molecule has 0 spiro atoms. The average Bonchev–Trinajstić information content (AvgIpc) is 3.00. The molecule has 1 aromatic carbocycles. The number of nitrogens with zero attached hydrogens (tertiary/aromatic N) is 2. The molecule has 5 nitrogen and oxygen atoms in total. The van der Waals surface area contributed by atoms with Gasteiger partial charge in [-0.2, -0.15) is 0 Å². The van der Waals surface area contributed by atoms with Gasteiger partial charge in [0.05, 0.1) is 5.92 Å². The highest BCUT2D eigenvalue weighted by Gasteiger charge is 2.34. The van der Waals surface area contributed by atoms with Gasteiger partial charge in [0.1, 0.15) is 0 Å². The maximum atomic E-state index is 12.4. The van der Waals surface area contributed by atoms with E-state index in [0.29, 0.717) is 25.6 Å². The molecule has 25 heavy (non-hydrogen) atoms. The smallest absolute Gasteiger partial charge is 0.227 e. The number of carbonyl (C=O) groups excluding carboxylic acids is 2. The summed E-state index contributed by atoms with van der Waals surface area (Å²) in [4.78, 5) is 28.7. The van der Waals surface area contributed by atoms with Crippen molar-refractivity contribution in [3.8, 4) is 0 Å². The third-order valence-corrected chi connectivity index (χ3v) is 4.99. The standard InChI is InChI=1S/C20H31N3O2/c1-5-16-7-9-18(10-8-16)23-14-17(13-19(23)24)20(25)21-11-12-22(6-2)15(3)4/h7-10,15,17H,5-6,11-14H2,1-4H3,(H,21,25). The highest BCUT2D eigenvalue weighted by atomic mass is 16.2. The Morgan fingerprint density at radius 3 is 2.52 bits per heavy atom. The summed E-state index contributed by atoms with van der Waals surface area (Å²) in [6.07, 6.45) is 1.27. The summed E-state index contributed by atoms with van der Waals surface area (Å²) in [7, 11) is 0. The van der Waals surface area contributed by atoms with Crippen molar-refractivity contribution in [1.82, 2.24) is 10.2 Å². The van der Waals surface area contributed by atoms with Crippen LogP contribution in [0, 0.1) is 5.92 Å². The molecular formula is C20H31N3O2. The van der Waals surface area contributed by atoms with Crippen molar-refractivity contribution in [2.45, 2.75) is 46.6 Å². The van der Waals surface area contributed by atoms with Crippen molar-refractivity contribution in [3.63, 3.8) is 0 Å². The minimum absolute atomic E-state index is 0.0131. The summed E-state index contributed by atoms with van der Waals surface area (Å²) in [5.41, 5.74) is 2.13. The van der Waals surface area contributed by atoms with Crippen LogP contribution in [0.4, 0.5) is 5.69 Å². The second kappa shape index (κ2) is 8.99. The average molecular weight is 345 g/mol. The van der Waals surface area contributed by atoms with Gasteiger partial charge < -0.3 is 10.2 Å². The van der Waals surface area contributed by atoms with Gasteiger partial charge in [0.25, 0.3) is 0 Å². The lowest BCUT2D eigenvalue weighted by molar-refractivity contribution is -0.126. The molecule has 2 amide bonds. The molecule has 1 aromatic rings. The number of rotatable bonds is 8. The second-order valence-corrected chi connectivity index (χ2v) is 6.94. The van der Waals surface area contributed by atoms with Crippen LogP contribution in [0.15, 0.2) is 24.3 Å². The minimum atomic E-state index is -0.257.